The molecule has 0 saturated carbocycles. The van der Waals surface area contributed by atoms with Gasteiger partial charge < -0.3 is 14.8 Å². The van der Waals surface area contributed by atoms with E-state index in [9.17, 15) is 14.4 Å². The summed E-state index contributed by atoms with van der Waals surface area (Å²) in [5.74, 6) is -2.30. The molecule has 0 saturated heterocycles. The minimum absolute atomic E-state index is 0.0318. The fourth-order valence-corrected chi connectivity index (χ4v) is 2.74. The number of hydrogen-bond donors (Lipinski definition) is 1. The van der Waals surface area contributed by atoms with Gasteiger partial charge in [-0.1, -0.05) is 18.2 Å². The zero-order valence-corrected chi connectivity index (χ0v) is 12.9. The van der Waals surface area contributed by atoms with Gasteiger partial charge in [0.2, 0.25) is 11.4 Å². The first-order valence-corrected chi connectivity index (χ1v) is 7.08. The summed E-state index contributed by atoms with van der Waals surface area (Å²) < 4.78 is 9.32. The molecule has 114 valence electrons. The highest BCUT2D eigenvalue weighted by atomic mass is 32.2. The molecule has 1 N–H and O–H groups in total. The number of hydrogen-bond acceptors (Lipinski definition) is 6. The fourth-order valence-electron chi connectivity index (χ4n) is 1.70. The highest BCUT2D eigenvalue weighted by Crippen LogP contribution is 2.24. The molecule has 0 fully saturated rings. The highest BCUT2D eigenvalue weighted by Gasteiger charge is 2.49. The molecule has 0 aliphatic carbocycles. The Morgan fingerprint density at radius 2 is 1.62 bits per heavy atom. The van der Waals surface area contributed by atoms with E-state index in [1.54, 1.807) is 0 Å². The van der Waals surface area contributed by atoms with Crippen LogP contribution in [0.15, 0.2) is 35.2 Å². The molecule has 0 aromatic heterocycles. The lowest BCUT2D eigenvalue weighted by Gasteiger charge is -2.28. The predicted octanol–water partition coefficient (Wildman–Crippen LogP) is 1.000. The molecule has 0 radical (unpaired) electrons. The summed E-state index contributed by atoms with van der Waals surface area (Å²) in [5, 5.41) is 2.36. The first-order valence-electron chi connectivity index (χ1n) is 6.09. The normalized spacial score (nSPS) is 10.6. The molecule has 1 rings (SSSR count). The van der Waals surface area contributed by atoms with Crippen molar-refractivity contribution in [3.05, 3.63) is 30.3 Å². The molecule has 1 aromatic rings. The smallest absolute Gasteiger partial charge is 0.344 e. The highest BCUT2D eigenvalue weighted by molar-refractivity contribution is 7.99. The van der Waals surface area contributed by atoms with E-state index in [-0.39, 0.29) is 5.75 Å². The molecule has 1 aromatic carbocycles. The van der Waals surface area contributed by atoms with Crippen LogP contribution in [0.3, 0.4) is 0 Å². The Morgan fingerprint density at radius 3 is 2.05 bits per heavy atom. The van der Waals surface area contributed by atoms with Gasteiger partial charge in [0.15, 0.2) is 0 Å². The molecule has 0 aliphatic heterocycles. The molecule has 0 unspecified atom stereocenters. The van der Waals surface area contributed by atoms with Gasteiger partial charge in [-0.2, -0.15) is 0 Å². The lowest BCUT2D eigenvalue weighted by molar-refractivity contribution is -0.163. The topological polar surface area (TPSA) is 81.7 Å². The second kappa shape index (κ2) is 7.68. The van der Waals surface area contributed by atoms with Crippen LogP contribution in [0.4, 0.5) is 0 Å². The largest absolute Gasteiger partial charge is 0.467 e. The summed E-state index contributed by atoms with van der Waals surface area (Å²) in [6.07, 6.45) is 0. The maximum Gasteiger partial charge on any atom is 0.344 e. The minimum Gasteiger partial charge on any atom is -0.467 e. The Hall–Kier alpha value is -2.02. The summed E-state index contributed by atoms with van der Waals surface area (Å²) >= 11 is 1.24. The SMILES string of the molecule is COC(=O)C(CSc1ccccc1)(NC(C)=O)C(=O)OC. The van der Waals surface area contributed by atoms with Crippen molar-refractivity contribution in [2.24, 2.45) is 0 Å². The number of carbonyl (C=O) groups is 3. The van der Waals surface area contributed by atoms with Crippen LogP contribution in [0, 0.1) is 0 Å². The molecule has 1 amide bonds. The fraction of sp³-hybridized carbons (Fsp3) is 0.357. The van der Waals surface area contributed by atoms with Crippen molar-refractivity contribution in [3.63, 3.8) is 0 Å². The Bertz CT molecular complexity index is 501. The number of thioether (sulfide) groups is 1. The van der Waals surface area contributed by atoms with Gasteiger partial charge in [-0.25, -0.2) is 9.59 Å². The van der Waals surface area contributed by atoms with E-state index in [1.165, 1.54) is 18.7 Å². The van der Waals surface area contributed by atoms with E-state index in [2.05, 4.69) is 14.8 Å². The second-order valence-corrected chi connectivity index (χ2v) is 5.22. The summed E-state index contributed by atoms with van der Waals surface area (Å²) in [6.45, 7) is 1.22. The number of benzene rings is 1. The van der Waals surface area contributed by atoms with Gasteiger partial charge in [0, 0.05) is 17.6 Å². The number of carbonyl (C=O) groups excluding carboxylic acids is 3. The first-order chi connectivity index (χ1) is 9.96. The van der Waals surface area contributed by atoms with Gasteiger partial charge in [-0.15, -0.1) is 11.8 Å². The summed E-state index contributed by atoms with van der Waals surface area (Å²) in [5.41, 5.74) is -1.87. The van der Waals surface area contributed by atoms with Crippen molar-refractivity contribution >= 4 is 29.6 Å². The lowest BCUT2D eigenvalue weighted by Crippen LogP contribution is -2.62. The lowest BCUT2D eigenvalue weighted by atomic mass is 10.0. The van der Waals surface area contributed by atoms with Crippen LogP contribution in [0.2, 0.25) is 0 Å². The van der Waals surface area contributed by atoms with E-state index in [4.69, 9.17) is 0 Å². The zero-order valence-electron chi connectivity index (χ0n) is 12.0. The molecular weight excluding hydrogens is 294 g/mol. The van der Waals surface area contributed by atoms with Crippen LogP contribution < -0.4 is 5.32 Å². The molecule has 6 nitrogen and oxygen atoms in total. The number of amides is 1. The average Bonchev–Trinajstić information content (AvgIpc) is 2.50. The third-order valence-corrected chi connectivity index (χ3v) is 3.84. The van der Waals surface area contributed by atoms with Crippen LogP contribution in [0.1, 0.15) is 6.92 Å². The van der Waals surface area contributed by atoms with E-state index in [0.29, 0.717) is 0 Å². The van der Waals surface area contributed by atoms with Crippen LogP contribution in [0.25, 0.3) is 0 Å². The molecule has 7 heteroatoms. The van der Waals surface area contributed by atoms with Crippen LogP contribution >= 0.6 is 11.8 Å². The van der Waals surface area contributed by atoms with E-state index >= 15 is 0 Å². The van der Waals surface area contributed by atoms with Crippen molar-refractivity contribution < 1.29 is 23.9 Å². The molecular formula is C14H17NO5S. The minimum atomic E-state index is -1.87. The Balaban J connectivity index is 3.06. The van der Waals surface area contributed by atoms with Gasteiger partial charge in [0.25, 0.3) is 0 Å². The molecule has 0 aliphatic rings. The van der Waals surface area contributed by atoms with Gasteiger partial charge in [0.05, 0.1) is 14.2 Å². The predicted molar refractivity (Wildman–Crippen MR) is 77.7 cm³/mol. The van der Waals surface area contributed by atoms with E-state index in [0.717, 1.165) is 19.1 Å². The summed E-state index contributed by atoms with van der Waals surface area (Å²) in [6, 6.07) is 9.18. The molecule has 0 bridgehead atoms. The van der Waals surface area contributed by atoms with Gasteiger partial charge in [-0.05, 0) is 12.1 Å². The second-order valence-electron chi connectivity index (χ2n) is 4.17. The van der Waals surface area contributed by atoms with Crippen molar-refractivity contribution in [3.8, 4) is 0 Å². The van der Waals surface area contributed by atoms with Crippen molar-refractivity contribution in [1.29, 1.82) is 0 Å². The number of methoxy groups -OCH3 is 2. The first kappa shape index (κ1) is 17.0. The van der Waals surface area contributed by atoms with Gasteiger partial charge in [0.1, 0.15) is 0 Å². The Morgan fingerprint density at radius 1 is 1.10 bits per heavy atom. The quantitative estimate of drug-likeness (QED) is 0.479. The number of rotatable bonds is 6. The van der Waals surface area contributed by atoms with Crippen LogP contribution in [0.5, 0.6) is 0 Å². The average molecular weight is 311 g/mol. The van der Waals surface area contributed by atoms with E-state index in [1.807, 2.05) is 30.3 Å². The number of esters is 2. The van der Waals surface area contributed by atoms with Crippen molar-refractivity contribution in [2.75, 3.05) is 20.0 Å². The summed E-state index contributed by atoms with van der Waals surface area (Å²) in [4.78, 5) is 36.3. The maximum absolute atomic E-state index is 12.0. The Kier molecular flexibility index (Phi) is 6.23. The summed E-state index contributed by atoms with van der Waals surface area (Å²) in [7, 11) is 2.30. The number of nitrogens with one attached hydrogen (secondary N) is 1. The third kappa shape index (κ3) is 4.22. The van der Waals surface area contributed by atoms with Gasteiger partial charge in [-0.3, -0.25) is 4.79 Å². The Labute approximate surface area is 127 Å². The maximum atomic E-state index is 12.0. The van der Waals surface area contributed by atoms with Crippen LogP contribution in [-0.4, -0.2) is 43.4 Å². The number of ether oxygens (including phenoxy) is 2. The van der Waals surface area contributed by atoms with Crippen molar-refractivity contribution in [2.45, 2.75) is 17.4 Å². The zero-order chi connectivity index (χ0) is 15.9. The van der Waals surface area contributed by atoms with Crippen LogP contribution in [-0.2, 0) is 23.9 Å². The molecule has 0 spiro atoms. The van der Waals surface area contributed by atoms with Gasteiger partial charge >= 0.3 is 11.9 Å². The van der Waals surface area contributed by atoms with Crippen molar-refractivity contribution in [1.82, 2.24) is 5.32 Å². The van der Waals surface area contributed by atoms with E-state index < -0.39 is 23.4 Å². The molecule has 21 heavy (non-hydrogen) atoms. The molecule has 0 heterocycles. The molecule has 0 atom stereocenters. The monoisotopic (exact) mass is 311 g/mol. The third-order valence-electron chi connectivity index (χ3n) is 2.66. The standard InChI is InChI=1S/C14H17NO5S/c1-10(16)15-14(12(17)19-2,13(18)20-3)9-21-11-7-5-4-6-8-11/h4-8H,9H2,1-3H3,(H,15,16).